The minimum Gasteiger partial charge on any atom is -0.465 e. The largest absolute Gasteiger partial charge is 0.465 e. The van der Waals surface area contributed by atoms with E-state index in [9.17, 15) is 13.6 Å². The van der Waals surface area contributed by atoms with Gasteiger partial charge in [0.2, 0.25) is 5.92 Å². The van der Waals surface area contributed by atoms with Gasteiger partial charge in [0.05, 0.1) is 18.4 Å². The highest BCUT2D eigenvalue weighted by atomic mass is 127. The first-order valence-corrected chi connectivity index (χ1v) is 9.46. The Bertz CT molecular complexity index is 659. The van der Waals surface area contributed by atoms with Crippen molar-refractivity contribution in [3.63, 3.8) is 0 Å². The van der Waals surface area contributed by atoms with Crippen LogP contribution in [-0.2, 0) is 4.74 Å². The fourth-order valence-electron chi connectivity index (χ4n) is 3.41. The van der Waals surface area contributed by atoms with Crippen LogP contribution in [-0.4, -0.2) is 32.1 Å². The van der Waals surface area contributed by atoms with Crippen LogP contribution in [0.15, 0.2) is 6.07 Å². The van der Waals surface area contributed by atoms with Gasteiger partial charge in [0.25, 0.3) is 0 Å². The van der Waals surface area contributed by atoms with Crippen LogP contribution in [0.25, 0.3) is 0 Å². The Hall–Kier alpha value is -0.920. The highest BCUT2D eigenvalue weighted by molar-refractivity contribution is 14.1. The molecule has 1 saturated heterocycles. The van der Waals surface area contributed by atoms with Crippen molar-refractivity contribution in [2.24, 2.45) is 0 Å². The van der Waals surface area contributed by atoms with Crippen LogP contribution in [0.4, 0.5) is 14.5 Å². The highest BCUT2D eigenvalue weighted by Crippen LogP contribution is 2.46. The van der Waals surface area contributed by atoms with Crippen LogP contribution in [0, 0.1) is 10.5 Å². The summed E-state index contributed by atoms with van der Waals surface area (Å²) in [6.07, 6.45) is 2.49. The Labute approximate surface area is 154 Å². The number of carbonyl (C=O) groups is 1. The lowest BCUT2D eigenvalue weighted by molar-refractivity contribution is -0.0102. The molecular weight excluding hydrogens is 427 g/mol. The fourth-order valence-corrected chi connectivity index (χ4v) is 4.27. The summed E-state index contributed by atoms with van der Waals surface area (Å²) in [5.41, 5.74) is 3.43. The number of hydrogen-bond donors (Lipinski definition) is 0. The molecule has 3 nitrogen and oxygen atoms in total. The molecule has 1 aliphatic carbocycles. The molecule has 0 aromatic heterocycles. The molecule has 132 valence electrons. The van der Waals surface area contributed by atoms with Crippen LogP contribution in [0.1, 0.15) is 59.5 Å². The second kappa shape index (κ2) is 6.77. The molecule has 0 atom stereocenters. The van der Waals surface area contributed by atoms with Gasteiger partial charge < -0.3 is 9.64 Å². The fraction of sp³-hybridized carbons (Fsp3) is 0.611. The molecule has 0 N–H and O–H groups in total. The summed E-state index contributed by atoms with van der Waals surface area (Å²) in [5, 5.41) is 0. The molecule has 0 spiro atoms. The summed E-state index contributed by atoms with van der Waals surface area (Å²) >= 11 is 2.29. The minimum atomic E-state index is -2.61. The van der Waals surface area contributed by atoms with Gasteiger partial charge in [-0.3, -0.25) is 0 Å². The van der Waals surface area contributed by atoms with Gasteiger partial charge >= 0.3 is 5.97 Å². The van der Waals surface area contributed by atoms with Crippen molar-refractivity contribution in [2.45, 2.75) is 50.9 Å². The molecule has 0 radical (unpaired) electrons. The summed E-state index contributed by atoms with van der Waals surface area (Å²) in [5.74, 6) is -2.47. The first-order chi connectivity index (χ1) is 11.3. The lowest BCUT2D eigenvalue weighted by atomic mass is 9.99. The molecule has 2 fully saturated rings. The third kappa shape index (κ3) is 3.53. The maximum absolute atomic E-state index is 13.7. The number of alkyl halides is 2. The number of carbonyl (C=O) groups excluding carboxylic acids is 1. The molecule has 2 aliphatic rings. The number of halogens is 3. The van der Waals surface area contributed by atoms with E-state index in [0.717, 1.165) is 27.7 Å². The van der Waals surface area contributed by atoms with Crippen molar-refractivity contribution in [3.8, 4) is 0 Å². The maximum Gasteiger partial charge on any atom is 0.340 e. The number of hydrogen-bond acceptors (Lipinski definition) is 3. The van der Waals surface area contributed by atoms with Crippen LogP contribution in [0.2, 0.25) is 0 Å². The third-order valence-electron chi connectivity index (χ3n) is 4.97. The van der Waals surface area contributed by atoms with E-state index >= 15 is 0 Å². The predicted octanol–water partition coefficient (Wildman–Crippen LogP) is 4.89. The summed E-state index contributed by atoms with van der Waals surface area (Å²) in [7, 11) is 1.36. The molecule has 24 heavy (non-hydrogen) atoms. The van der Waals surface area contributed by atoms with Crippen molar-refractivity contribution in [1.82, 2.24) is 0 Å². The Morgan fingerprint density at radius 3 is 2.67 bits per heavy atom. The number of benzene rings is 1. The van der Waals surface area contributed by atoms with Gasteiger partial charge in [-0.15, -0.1) is 0 Å². The monoisotopic (exact) mass is 449 g/mol. The lowest BCUT2D eigenvalue weighted by Crippen LogP contribution is -2.28. The summed E-state index contributed by atoms with van der Waals surface area (Å²) < 4.78 is 33.5. The molecule has 1 aromatic carbocycles. The molecule has 6 heteroatoms. The molecule has 1 heterocycles. The van der Waals surface area contributed by atoms with Gasteiger partial charge in [-0.2, -0.15) is 0 Å². The number of nitrogens with zero attached hydrogens (tertiary/aromatic N) is 1. The molecule has 3 rings (SSSR count). The van der Waals surface area contributed by atoms with Gasteiger partial charge in [-0.25, -0.2) is 13.6 Å². The molecule has 0 unspecified atom stereocenters. The average molecular weight is 449 g/mol. The molecular formula is C18H22F2INO2. The van der Waals surface area contributed by atoms with Crippen LogP contribution in [0.3, 0.4) is 0 Å². The van der Waals surface area contributed by atoms with Crippen molar-refractivity contribution < 1.29 is 18.3 Å². The number of esters is 1. The minimum absolute atomic E-state index is 0.0874. The zero-order valence-corrected chi connectivity index (χ0v) is 16.2. The maximum atomic E-state index is 13.7. The molecule has 1 saturated carbocycles. The van der Waals surface area contributed by atoms with E-state index in [4.69, 9.17) is 4.74 Å². The normalized spacial score (nSPS) is 20.6. The molecule has 0 bridgehead atoms. The Morgan fingerprint density at radius 2 is 2.04 bits per heavy atom. The van der Waals surface area contributed by atoms with Crippen LogP contribution < -0.4 is 4.90 Å². The first-order valence-electron chi connectivity index (χ1n) is 8.38. The van der Waals surface area contributed by atoms with Gasteiger partial charge in [0.15, 0.2) is 0 Å². The van der Waals surface area contributed by atoms with E-state index < -0.39 is 11.9 Å². The van der Waals surface area contributed by atoms with E-state index in [1.54, 1.807) is 0 Å². The second-order valence-corrected chi connectivity index (χ2v) is 7.84. The topological polar surface area (TPSA) is 29.5 Å². The van der Waals surface area contributed by atoms with Crippen molar-refractivity contribution >= 4 is 34.2 Å². The van der Waals surface area contributed by atoms with Crippen LogP contribution in [0.5, 0.6) is 0 Å². The van der Waals surface area contributed by atoms with Crippen LogP contribution >= 0.6 is 22.6 Å². The standard InChI is InChI=1S/C18H22F2INO2/c1-11-15(17(23)24-2)14(10-13(16(11)21)12-4-5-12)22-8-3-6-18(19,20)7-9-22/h10,12H,3-9H2,1-2H3. The molecule has 1 aliphatic heterocycles. The van der Waals surface area contributed by atoms with Crippen molar-refractivity contribution in [3.05, 3.63) is 26.3 Å². The van der Waals surface area contributed by atoms with E-state index in [2.05, 4.69) is 22.6 Å². The summed E-state index contributed by atoms with van der Waals surface area (Å²) in [6, 6.07) is 2.04. The SMILES string of the molecule is COC(=O)c1c(N2CCCC(F)(F)CC2)cc(C2CC2)c(I)c1C. The Balaban J connectivity index is 2.05. The number of rotatable bonds is 3. The van der Waals surface area contributed by atoms with E-state index in [0.29, 0.717) is 24.4 Å². The van der Waals surface area contributed by atoms with Gasteiger partial charge in [-0.1, -0.05) is 0 Å². The zero-order valence-electron chi connectivity index (χ0n) is 14.0. The number of methoxy groups -OCH3 is 1. The number of ether oxygens (including phenoxy) is 1. The second-order valence-electron chi connectivity index (χ2n) is 6.76. The zero-order chi connectivity index (χ0) is 17.5. The third-order valence-corrected chi connectivity index (χ3v) is 6.40. The Kier molecular flexibility index (Phi) is 5.04. The van der Waals surface area contributed by atoms with E-state index in [1.165, 1.54) is 12.7 Å². The molecule has 0 amide bonds. The van der Waals surface area contributed by atoms with Gasteiger partial charge in [0.1, 0.15) is 0 Å². The summed E-state index contributed by atoms with van der Waals surface area (Å²) in [4.78, 5) is 14.3. The van der Waals surface area contributed by atoms with E-state index in [1.807, 2.05) is 17.9 Å². The van der Waals surface area contributed by atoms with Gasteiger partial charge in [-0.05, 0) is 71.9 Å². The highest BCUT2D eigenvalue weighted by Gasteiger charge is 2.35. The first kappa shape index (κ1) is 17.9. The smallest absolute Gasteiger partial charge is 0.340 e. The lowest BCUT2D eigenvalue weighted by Gasteiger charge is -2.27. The average Bonchev–Trinajstić information content (AvgIpc) is 3.37. The Morgan fingerprint density at radius 1 is 1.33 bits per heavy atom. The number of anilines is 1. The van der Waals surface area contributed by atoms with Crippen molar-refractivity contribution in [2.75, 3.05) is 25.1 Å². The van der Waals surface area contributed by atoms with Crippen molar-refractivity contribution in [1.29, 1.82) is 0 Å². The predicted molar refractivity (Wildman–Crippen MR) is 98.2 cm³/mol. The summed E-state index contributed by atoms with van der Waals surface area (Å²) in [6.45, 7) is 2.74. The quantitative estimate of drug-likeness (QED) is 0.486. The molecule has 1 aromatic rings. The van der Waals surface area contributed by atoms with Gasteiger partial charge in [0, 0.05) is 29.5 Å². The van der Waals surface area contributed by atoms with E-state index in [-0.39, 0.29) is 19.4 Å².